The predicted octanol–water partition coefficient (Wildman–Crippen LogP) is 2.16. The minimum Gasteiger partial charge on any atom is -0.331 e. The summed E-state index contributed by atoms with van der Waals surface area (Å²) < 4.78 is 3.61. The van der Waals surface area contributed by atoms with Crippen LogP contribution in [0.1, 0.15) is 41.7 Å². The van der Waals surface area contributed by atoms with Gasteiger partial charge in [0.2, 0.25) is 0 Å². The lowest BCUT2D eigenvalue weighted by Gasteiger charge is -2.24. The summed E-state index contributed by atoms with van der Waals surface area (Å²) in [4.78, 5) is 14.9. The highest BCUT2D eigenvalue weighted by atomic mass is 16.2. The van der Waals surface area contributed by atoms with Crippen molar-refractivity contribution in [1.82, 2.24) is 29.7 Å². The molecule has 7 heteroatoms. The lowest BCUT2D eigenvalue weighted by atomic mass is 10.1. The number of hydrogen-bond donors (Lipinski definition) is 0. The quantitative estimate of drug-likeness (QED) is 0.740. The Morgan fingerprint density at radius 3 is 3.00 bits per heavy atom. The lowest BCUT2D eigenvalue weighted by molar-refractivity contribution is 0.0736. The number of carbonyl (C=O) groups excluding carboxylic acids is 1. The third-order valence-electron chi connectivity index (χ3n) is 4.68. The van der Waals surface area contributed by atoms with Gasteiger partial charge in [0.25, 0.3) is 5.91 Å². The van der Waals surface area contributed by atoms with Gasteiger partial charge in [0, 0.05) is 37.5 Å². The Bertz CT molecular complexity index is 896. The van der Waals surface area contributed by atoms with E-state index in [4.69, 9.17) is 0 Å². The van der Waals surface area contributed by atoms with Crippen LogP contribution in [0.3, 0.4) is 0 Å². The molecule has 1 fully saturated rings. The Hall–Kier alpha value is -2.70. The summed E-state index contributed by atoms with van der Waals surface area (Å²) in [6.45, 7) is 3.56. The van der Waals surface area contributed by atoms with Crippen molar-refractivity contribution < 1.29 is 4.79 Å². The van der Waals surface area contributed by atoms with Crippen LogP contribution in [-0.2, 0) is 13.6 Å². The Morgan fingerprint density at radius 1 is 1.38 bits per heavy atom. The van der Waals surface area contributed by atoms with Crippen molar-refractivity contribution in [3.63, 3.8) is 0 Å². The summed E-state index contributed by atoms with van der Waals surface area (Å²) in [7, 11) is 1.90. The first-order chi connectivity index (χ1) is 11.7. The highest BCUT2D eigenvalue weighted by Crippen LogP contribution is 2.33. The van der Waals surface area contributed by atoms with Crippen molar-refractivity contribution >= 4 is 16.9 Å². The molecule has 0 saturated carbocycles. The van der Waals surface area contributed by atoms with Gasteiger partial charge in [0.05, 0.1) is 17.8 Å². The second kappa shape index (κ2) is 5.74. The standard InChI is InChI=1S/C17H20N6O/c1-3-23-16-7-6-12(9-14(16)19-20-23)17(24)22-8-4-5-15(22)13-10-18-21(2)11-13/h6-7,9-11,15H,3-5,8H2,1-2H3. The minimum absolute atomic E-state index is 0.0503. The normalized spacial score (nSPS) is 17.8. The van der Waals surface area contributed by atoms with Crippen LogP contribution in [0, 0.1) is 0 Å². The molecule has 0 aliphatic carbocycles. The van der Waals surface area contributed by atoms with Gasteiger partial charge in [0.15, 0.2) is 0 Å². The Balaban J connectivity index is 1.65. The van der Waals surface area contributed by atoms with Gasteiger partial charge < -0.3 is 4.90 Å². The van der Waals surface area contributed by atoms with Crippen LogP contribution in [0.5, 0.6) is 0 Å². The van der Waals surface area contributed by atoms with Gasteiger partial charge in [0.1, 0.15) is 5.52 Å². The fourth-order valence-corrected chi connectivity index (χ4v) is 3.47. The molecule has 1 atom stereocenters. The van der Waals surface area contributed by atoms with E-state index in [0.29, 0.717) is 5.56 Å². The number of nitrogens with zero attached hydrogens (tertiary/aromatic N) is 6. The molecular weight excluding hydrogens is 304 g/mol. The molecule has 2 aromatic heterocycles. The number of benzene rings is 1. The second-order valence-electron chi connectivity index (χ2n) is 6.21. The molecule has 3 aromatic rings. The van der Waals surface area contributed by atoms with E-state index >= 15 is 0 Å². The molecule has 0 bridgehead atoms. The van der Waals surface area contributed by atoms with Gasteiger partial charge in [-0.05, 0) is 38.0 Å². The number of fused-ring (bicyclic) bond motifs is 1. The second-order valence-corrected chi connectivity index (χ2v) is 6.21. The molecule has 124 valence electrons. The van der Waals surface area contributed by atoms with E-state index in [1.54, 1.807) is 4.68 Å². The molecule has 1 amide bonds. The van der Waals surface area contributed by atoms with E-state index in [2.05, 4.69) is 15.4 Å². The molecule has 1 aliphatic heterocycles. The first-order valence-electron chi connectivity index (χ1n) is 8.30. The number of aryl methyl sites for hydroxylation is 2. The topological polar surface area (TPSA) is 68.8 Å². The van der Waals surface area contributed by atoms with Gasteiger partial charge in [-0.1, -0.05) is 5.21 Å². The average Bonchev–Trinajstić information content (AvgIpc) is 3.31. The summed E-state index contributed by atoms with van der Waals surface area (Å²) in [5, 5.41) is 12.5. The molecule has 0 spiro atoms. The SMILES string of the molecule is CCn1nnc2cc(C(=O)N3CCCC3c3cnn(C)c3)ccc21. The van der Waals surface area contributed by atoms with Gasteiger partial charge >= 0.3 is 0 Å². The van der Waals surface area contributed by atoms with Crippen LogP contribution >= 0.6 is 0 Å². The Kier molecular flexibility index (Phi) is 3.55. The maximum Gasteiger partial charge on any atom is 0.254 e. The number of carbonyl (C=O) groups is 1. The molecule has 0 radical (unpaired) electrons. The molecule has 4 rings (SSSR count). The molecule has 0 N–H and O–H groups in total. The van der Waals surface area contributed by atoms with E-state index in [1.165, 1.54) is 0 Å². The number of likely N-dealkylation sites (tertiary alicyclic amines) is 1. The highest BCUT2D eigenvalue weighted by Gasteiger charge is 2.31. The molecule has 24 heavy (non-hydrogen) atoms. The predicted molar refractivity (Wildman–Crippen MR) is 89.4 cm³/mol. The van der Waals surface area contributed by atoms with E-state index in [0.717, 1.165) is 42.5 Å². The van der Waals surface area contributed by atoms with E-state index in [-0.39, 0.29) is 11.9 Å². The zero-order chi connectivity index (χ0) is 16.7. The van der Waals surface area contributed by atoms with Gasteiger partial charge in [-0.15, -0.1) is 5.10 Å². The van der Waals surface area contributed by atoms with Crippen molar-refractivity contribution in [2.45, 2.75) is 32.4 Å². The molecule has 3 heterocycles. The average molecular weight is 324 g/mol. The fraction of sp³-hybridized carbons (Fsp3) is 0.412. The van der Waals surface area contributed by atoms with Crippen LogP contribution < -0.4 is 0 Å². The first-order valence-corrected chi connectivity index (χ1v) is 8.30. The molecule has 1 unspecified atom stereocenters. The van der Waals surface area contributed by atoms with Gasteiger partial charge in [-0.2, -0.15) is 5.10 Å². The Morgan fingerprint density at radius 2 is 2.25 bits per heavy atom. The maximum atomic E-state index is 13.0. The smallest absolute Gasteiger partial charge is 0.254 e. The Labute approximate surface area is 139 Å². The third-order valence-corrected chi connectivity index (χ3v) is 4.68. The van der Waals surface area contributed by atoms with E-state index in [1.807, 2.05) is 54.1 Å². The molecular formula is C17H20N6O. The number of rotatable bonds is 3. The monoisotopic (exact) mass is 324 g/mol. The van der Waals surface area contributed by atoms with Crippen molar-refractivity contribution in [3.8, 4) is 0 Å². The zero-order valence-corrected chi connectivity index (χ0v) is 13.9. The van der Waals surface area contributed by atoms with Crippen LogP contribution in [0.15, 0.2) is 30.6 Å². The summed E-state index contributed by atoms with van der Waals surface area (Å²) in [6.07, 6.45) is 5.84. The summed E-state index contributed by atoms with van der Waals surface area (Å²) >= 11 is 0. The molecule has 7 nitrogen and oxygen atoms in total. The highest BCUT2D eigenvalue weighted by molar-refractivity contribution is 5.97. The van der Waals surface area contributed by atoms with E-state index < -0.39 is 0 Å². The lowest BCUT2D eigenvalue weighted by Crippen LogP contribution is -2.30. The number of hydrogen-bond acceptors (Lipinski definition) is 4. The largest absolute Gasteiger partial charge is 0.331 e. The van der Waals surface area contributed by atoms with Crippen molar-refractivity contribution in [2.24, 2.45) is 7.05 Å². The minimum atomic E-state index is 0.0503. The fourth-order valence-electron chi connectivity index (χ4n) is 3.47. The van der Waals surface area contributed by atoms with Crippen LogP contribution in [0.4, 0.5) is 0 Å². The van der Waals surface area contributed by atoms with Crippen LogP contribution in [0.2, 0.25) is 0 Å². The van der Waals surface area contributed by atoms with Crippen molar-refractivity contribution in [2.75, 3.05) is 6.54 Å². The molecule has 1 saturated heterocycles. The zero-order valence-electron chi connectivity index (χ0n) is 13.9. The van der Waals surface area contributed by atoms with Crippen LogP contribution in [0.25, 0.3) is 11.0 Å². The molecule has 1 aliphatic rings. The first kappa shape index (κ1) is 14.9. The van der Waals surface area contributed by atoms with Crippen LogP contribution in [-0.4, -0.2) is 42.1 Å². The summed E-state index contributed by atoms with van der Waals surface area (Å²) in [5.74, 6) is 0.0503. The van der Waals surface area contributed by atoms with Crippen molar-refractivity contribution in [1.29, 1.82) is 0 Å². The summed E-state index contributed by atoms with van der Waals surface area (Å²) in [5.41, 5.74) is 3.49. The van der Waals surface area contributed by atoms with Gasteiger partial charge in [-0.3, -0.25) is 9.48 Å². The van der Waals surface area contributed by atoms with Crippen molar-refractivity contribution in [3.05, 3.63) is 41.7 Å². The number of aromatic nitrogens is 5. The third kappa shape index (κ3) is 2.36. The maximum absolute atomic E-state index is 13.0. The molecule has 1 aromatic carbocycles. The summed E-state index contributed by atoms with van der Waals surface area (Å²) in [6, 6.07) is 5.75. The number of amides is 1. The van der Waals surface area contributed by atoms with E-state index in [9.17, 15) is 4.79 Å². The van der Waals surface area contributed by atoms with Gasteiger partial charge in [-0.25, -0.2) is 4.68 Å².